The molecule has 0 spiro atoms. The Hall–Kier alpha value is -3.60. The molecule has 0 unspecified atom stereocenters. The van der Waals surface area contributed by atoms with Crippen molar-refractivity contribution in [3.8, 4) is 0 Å². The van der Waals surface area contributed by atoms with Crippen LogP contribution in [-0.4, -0.2) is 64.7 Å². The Morgan fingerprint density at radius 3 is 1.82 bits per heavy atom. The van der Waals surface area contributed by atoms with Crippen LogP contribution in [0.25, 0.3) is 0 Å². The summed E-state index contributed by atoms with van der Waals surface area (Å²) in [6.07, 6.45) is -7.20. The highest BCUT2D eigenvalue weighted by Crippen LogP contribution is 2.31. The van der Waals surface area contributed by atoms with Crippen LogP contribution in [0.3, 0.4) is 0 Å². The minimum Gasteiger partial charge on any atom is -0.390 e. The van der Waals surface area contributed by atoms with Gasteiger partial charge in [-0.25, -0.2) is 0 Å². The van der Waals surface area contributed by atoms with E-state index in [2.05, 4.69) is 10.6 Å². The number of carbonyl (C=O) groups excluding carboxylic acids is 2. The van der Waals surface area contributed by atoms with Crippen molar-refractivity contribution in [3.05, 3.63) is 107 Å². The summed E-state index contributed by atoms with van der Waals surface area (Å²) in [7, 11) is 1.38. The Morgan fingerprint density at radius 1 is 0.795 bits per heavy atom. The van der Waals surface area contributed by atoms with Gasteiger partial charge < -0.3 is 35.4 Å². The predicted octanol–water partition coefficient (Wildman–Crippen LogP) is 1.40. The van der Waals surface area contributed by atoms with E-state index >= 15 is 0 Å². The van der Waals surface area contributed by atoms with Crippen LogP contribution in [0.1, 0.15) is 28.3 Å². The molecular formula is C30H34N2O7. The van der Waals surface area contributed by atoms with E-state index in [0.717, 1.165) is 22.3 Å². The van der Waals surface area contributed by atoms with E-state index in [1.54, 1.807) is 24.3 Å². The molecule has 3 aromatic carbocycles. The molecule has 6 atom stereocenters. The van der Waals surface area contributed by atoms with Crippen molar-refractivity contribution in [3.63, 3.8) is 0 Å². The van der Waals surface area contributed by atoms with Crippen LogP contribution in [0.15, 0.2) is 84.9 Å². The number of nitrogens with one attached hydrogen (secondary N) is 2. The van der Waals surface area contributed by atoms with Gasteiger partial charge in [0.2, 0.25) is 0 Å². The Kier molecular flexibility index (Phi) is 9.80. The summed E-state index contributed by atoms with van der Waals surface area (Å²) in [5.74, 6) is -1.41. The van der Waals surface area contributed by atoms with Crippen LogP contribution in [0.5, 0.6) is 0 Å². The smallest absolute Gasteiger partial charge is 0.252 e. The number of carbonyl (C=O) groups is 2. The van der Waals surface area contributed by atoms with Crippen molar-refractivity contribution in [1.82, 2.24) is 10.6 Å². The summed E-state index contributed by atoms with van der Waals surface area (Å²) in [5.41, 5.74) is 3.18. The molecule has 5 N–H and O–H groups in total. The van der Waals surface area contributed by atoms with Gasteiger partial charge in [-0.3, -0.25) is 9.59 Å². The summed E-state index contributed by atoms with van der Waals surface area (Å²) in [4.78, 5) is 26.1. The lowest BCUT2D eigenvalue weighted by molar-refractivity contribution is -0.170. The van der Waals surface area contributed by atoms with Crippen LogP contribution in [-0.2, 0) is 38.7 Å². The molecule has 9 nitrogen and oxygen atoms in total. The van der Waals surface area contributed by atoms with Gasteiger partial charge >= 0.3 is 0 Å². The number of rotatable bonds is 12. The van der Waals surface area contributed by atoms with Gasteiger partial charge in [-0.2, -0.15) is 0 Å². The fourth-order valence-electron chi connectivity index (χ4n) is 4.66. The molecule has 2 amide bonds. The largest absolute Gasteiger partial charge is 0.390 e. The maximum atomic E-state index is 13.5. The van der Waals surface area contributed by atoms with Crippen LogP contribution in [0.4, 0.5) is 0 Å². The molecule has 1 aliphatic rings. The summed E-state index contributed by atoms with van der Waals surface area (Å²) in [5, 5.41) is 38.1. The van der Waals surface area contributed by atoms with Crippen LogP contribution < -0.4 is 10.6 Å². The number of benzene rings is 3. The molecule has 1 aliphatic carbocycles. The lowest BCUT2D eigenvalue weighted by Gasteiger charge is -2.31. The Bertz CT molecular complexity index is 1220. The summed E-state index contributed by atoms with van der Waals surface area (Å²) >= 11 is 0. The molecule has 0 fully saturated rings. The van der Waals surface area contributed by atoms with Crippen molar-refractivity contribution in [2.24, 2.45) is 0 Å². The number of aliphatic hydroxyl groups is 3. The third-order valence-electron chi connectivity index (χ3n) is 6.78. The standard InChI is InChI=1S/C30H34N2O7/c1-31-29(36)27(38-17-19-10-4-2-5-11-19)25(34)26(35)28(39-18-20-12-6-3-7-13-20)30(37)32-24-22-15-9-8-14-21(22)16-23(24)33/h2-15,23-28,33-35H,16-18H2,1H3,(H,31,36)(H,32,37)/t23-,24+,25-,26-,27-,28-/m1/s1. The number of likely N-dealkylation sites (N-methyl/N-ethyl adjacent to an activating group) is 1. The number of ether oxygens (including phenoxy) is 2. The van der Waals surface area contributed by atoms with Crippen LogP contribution in [0, 0.1) is 0 Å². The molecule has 0 radical (unpaired) electrons. The zero-order valence-electron chi connectivity index (χ0n) is 21.6. The molecule has 0 heterocycles. The number of amides is 2. The highest BCUT2D eigenvalue weighted by molar-refractivity contribution is 5.84. The first kappa shape index (κ1) is 28.4. The maximum absolute atomic E-state index is 13.5. The van der Waals surface area contributed by atoms with E-state index in [0.29, 0.717) is 6.42 Å². The van der Waals surface area contributed by atoms with Gasteiger partial charge in [0.25, 0.3) is 11.8 Å². The van der Waals surface area contributed by atoms with Gasteiger partial charge in [0, 0.05) is 13.5 Å². The van der Waals surface area contributed by atoms with Gasteiger partial charge in [0.15, 0.2) is 12.2 Å². The first-order valence-corrected chi connectivity index (χ1v) is 12.8. The third-order valence-corrected chi connectivity index (χ3v) is 6.78. The van der Waals surface area contributed by atoms with E-state index in [1.165, 1.54) is 7.05 Å². The van der Waals surface area contributed by atoms with Gasteiger partial charge in [-0.1, -0.05) is 84.9 Å². The monoisotopic (exact) mass is 534 g/mol. The molecule has 9 heteroatoms. The van der Waals surface area contributed by atoms with Crippen molar-refractivity contribution in [2.75, 3.05) is 7.05 Å². The molecule has 0 aromatic heterocycles. The van der Waals surface area contributed by atoms with E-state index in [4.69, 9.17) is 9.47 Å². The predicted molar refractivity (Wildman–Crippen MR) is 143 cm³/mol. The lowest BCUT2D eigenvalue weighted by atomic mass is 10.00. The van der Waals surface area contributed by atoms with Crippen molar-refractivity contribution in [1.29, 1.82) is 0 Å². The normalized spacial score (nSPS) is 19.4. The topological polar surface area (TPSA) is 137 Å². The molecule has 39 heavy (non-hydrogen) atoms. The Labute approximate surface area is 227 Å². The molecule has 0 saturated heterocycles. The lowest BCUT2D eigenvalue weighted by Crippen LogP contribution is -2.56. The average Bonchev–Trinajstić information content (AvgIpc) is 3.28. The van der Waals surface area contributed by atoms with Crippen molar-refractivity contribution < 1.29 is 34.4 Å². The first-order chi connectivity index (χ1) is 18.9. The molecule has 0 saturated carbocycles. The second-order valence-corrected chi connectivity index (χ2v) is 9.49. The molecule has 3 aromatic rings. The van der Waals surface area contributed by atoms with Crippen LogP contribution in [0.2, 0.25) is 0 Å². The average molecular weight is 535 g/mol. The van der Waals surface area contributed by atoms with Gasteiger partial charge in [0.1, 0.15) is 12.2 Å². The molecule has 0 aliphatic heterocycles. The van der Waals surface area contributed by atoms with E-state index in [1.807, 2.05) is 60.7 Å². The minimum absolute atomic E-state index is 0.00447. The maximum Gasteiger partial charge on any atom is 0.252 e. The van der Waals surface area contributed by atoms with Crippen molar-refractivity contribution >= 4 is 11.8 Å². The molecule has 0 bridgehead atoms. The van der Waals surface area contributed by atoms with E-state index in [-0.39, 0.29) is 13.2 Å². The van der Waals surface area contributed by atoms with E-state index in [9.17, 15) is 24.9 Å². The molecule has 4 rings (SSSR count). The fourth-order valence-corrected chi connectivity index (χ4v) is 4.66. The van der Waals surface area contributed by atoms with Gasteiger partial charge in [-0.05, 0) is 22.3 Å². The van der Waals surface area contributed by atoms with Gasteiger partial charge in [-0.15, -0.1) is 0 Å². The zero-order chi connectivity index (χ0) is 27.8. The number of fused-ring (bicyclic) bond motifs is 1. The van der Waals surface area contributed by atoms with Crippen molar-refractivity contribution in [2.45, 2.75) is 56.2 Å². The number of aliphatic hydroxyl groups excluding tert-OH is 3. The molecule has 206 valence electrons. The highest BCUT2D eigenvalue weighted by Gasteiger charge is 2.42. The van der Waals surface area contributed by atoms with Gasteiger partial charge in [0.05, 0.1) is 25.4 Å². The first-order valence-electron chi connectivity index (χ1n) is 12.8. The SMILES string of the molecule is CNC(=O)[C@H](OCc1ccccc1)[C@H](O)[C@@H](O)[C@@H](OCc1ccccc1)C(=O)N[C@H]1c2ccccc2C[C@H]1O. The highest BCUT2D eigenvalue weighted by atomic mass is 16.5. The zero-order valence-corrected chi connectivity index (χ0v) is 21.6. The third kappa shape index (κ3) is 7.08. The minimum atomic E-state index is -1.83. The summed E-state index contributed by atoms with van der Waals surface area (Å²) < 4.78 is 11.5. The summed E-state index contributed by atoms with van der Waals surface area (Å²) in [6, 6.07) is 24.8. The number of hydrogen-bond donors (Lipinski definition) is 5. The number of hydrogen-bond acceptors (Lipinski definition) is 7. The fraction of sp³-hybridized carbons (Fsp3) is 0.333. The quantitative estimate of drug-likeness (QED) is 0.237. The summed E-state index contributed by atoms with van der Waals surface area (Å²) in [6.45, 7) is -0.0441. The Balaban J connectivity index is 1.54. The molecular weight excluding hydrogens is 500 g/mol. The van der Waals surface area contributed by atoms with Crippen LogP contribution >= 0.6 is 0 Å². The van der Waals surface area contributed by atoms with E-state index < -0.39 is 48.4 Å². The second-order valence-electron chi connectivity index (χ2n) is 9.49. The Morgan fingerprint density at radius 2 is 1.28 bits per heavy atom. The second kappa shape index (κ2) is 13.5.